The van der Waals surface area contributed by atoms with E-state index in [4.69, 9.17) is 0 Å². The first-order chi connectivity index (χ1) is 14.3. The monoisotopic (exact) mass is 404 g/mol. The van der Waals surface area contributed by atoms with E-state index in [9.17, 15) is 9.59 Å². The van der Waals surface area contributed by atoms with E-state index in [0.29, 0.717) is 16.8 Å². The number of nitrogens with zero attached hydrogens (tertiary/aromatic N) is 2. The van der Waals surface area contributed by atoms with Crippen LogP contribution in [0.5, 0.6) is 0 Å². The van der Waals surface area contributed by atoms with Crippen molar-refractivity contribution in [2.75, 3.05) is 5.32 Å². The summed E-state index contributed by atoms with van der Waals surface area (Å²) in [7, 11) is 0. The molecule has 2 aromatic carbocycles. The lowest BCUT2D eigenvalue weighted by atomic mass is 10.0. The number of carbonyl (C=O) groups is 2. The van der Waals surface area contributed by atoms with Gasteiger partial charge in [0.2, 0.25) is 0 Å². The molecule has 0 aliphatic carbocycles. The molecule has 6 nitrogen and oxygen atoms in total. The molecule has 0 fully saturated rings. The molecular weight excluding hydrogens is 376 g/mol. The Kier molecular flexibility index (Phi) is 6.35. The molecule has 1 aromatic heterocycles. The molecule has 1 heterocycles. The molecule has 0 atom stereocenters. The summed E-state index contributed by atoms with van der Waals surface area (Å²) in [6.45, 7) is 9.94. The van der Waals surface area contributed by atoms with Crippen LogP contribution < -0.4 is 10.6 Å². The van der Waals surface area contributed by atoms with Crippen LogP contribution in [0.25, 0.3) is 5.69 Å². The zero-order valence-corrected chi connectivity index (χ0v) is 18.1. The minimum Gasteiger partial charge on any atom is -0.350 e. The van der Waals surface area contributed by atoms with Crippen LogP contribution in [0, 0.1) is 6.92 Å². The van der Waals surface area contributed by atoms with Crippen LogP contribution in [0.15, 0.2) is 54.7 Å². The number of nitrogens with one attached hydrogen (secondary N) is 2. The molecule has 0 radical (unpaired) electrons. The molecule has 0 spiro atoms. The molecular formula is C24H28N4O2. The van der Waals surface area contributed by atoms with Gasteiger partial charge in [0.05, 0.1) is 23.1 Å². The SMILES string of the molecule is Cc1ccc(-n2ncc(C(=O)Nc3ccc(C(=O)NC(C)C)cc3)c2C(C)C)cc1. The molecule has 3 rings (SSSR count). The van der Waals surface area contributed by atoms with E-state index in [-0.39, 0.29) is 23.8 Å². The van der Waals surface area contributed by atoms with Gasteiger partial charge in [-0.3, -0.25) is 9.59 Å². The van der Waals surface area contributed by atoms with E-state index in [1.54, 1.807) is 30.5 Å². The number of hydrogen-bond acceptors (Lipinski definition) is 3. The second-order valence-electron chi connectivity index (χ2n) is 8.01. The van der Waals surface area contributed by atoms with Crippen molar-refractivity contribution in [2.24, 2.45) is 0 Å². The molecule has 0 saturated carbocycles. The number of rotatable bonds is 6. The highest BCUT2D eigenvalue weighted by Gasteiger charge is 2.21. The highest BCUT2D eigenvalue weighted by atomic mass is 16.2. The summed E-state index contributed by atoms with van der Waals surface area (Å²) in [6.07, 6.45) is 1.61. The predicted molar refractivity (Wildman–Crippen MR) is 119 cm³/mol. The molecule has 0 aliphatic rings. The van der Waals surface area contributed by atoms with Crippen LogP contribution in [0.4, 0.5) is 5.69 Å². The van der Waals surface area contributed by atoms with Crippen molar-refractivity contribution in [1.29, 1.82) is 0 Å². The smallest absolute Gasteiger partial charge is 0.259 e. The number of benzene rings is 2. The van der Waals surface area contributed by atoms with Crippen molar-refractivity contribution in [3.05, 3.63) is 77.1 Å². The first-order valence-electron chi connectivity index (χ1n) is 10.1. The number of anilines is 1. The summed E-state index contributed by atoms with van der Waals surface area (Å²) in [5, 5.41) is 10.2. The van der Waals surface area contributed by atoms with Gasteiger partial charge in [-0.2, -0.15) is 5.10 Å². The molecule has 0 unspecified atom stereocenters. The lowest BCUT2D eigenvalue weighted by Crippen LogP contribution is -2.30. The van der Waals surface area contributed by atoms with E-state index in [2.05, 4.69) is 15.7 Å². The number of hydrogen-bond donors (Lipinski definition) is 2. The topological polar surface area (TPSA) is 76.0 Å². The summed E-state index contributed by atoms with van der Waals surface area (Å²) in [5.74, 6) is -0.252. The number of amides is 2. The first-order valence-corrected chi connectivity index (χ1v) is 10.1. The van der Waals surface area contributed by atoms with E-state index in [0.717, 1.165) is 11.4 Å². The van der Waals surface area contributed by atoms with E-state index >= 15 is 0 Å². The standard InChI is InChI=1S/C24H28N4O2/c1-15(2)22-21(14-25-28(22)20-12-6-17(5)7-13-20)24(30)27-19-10-8-18(9-11-19)23(29)26-16(3)4/h6-16H,1-5H3,(H,26,29)(H,27,30). The Labute approximate surface area is 177 Å². The van der Waals surface area contributed by atoms with Crippen LogP contribution in [0.3, 0.4) is 0 Å². The van der Waals surface area contributed by atoms with Gasteiger partial charge in [-0.05, 0) is 63.1 Å². The largest absolute Gasteiger partial charge is 0.350 e. The molecule has 0 bridgehead atoms. The van der Waals surface area contributed by atoms with Gasteiger partial charge in [0.25, 0.3) is 11.8 Å². The normalized spacial score (nSPS) is 11.0. The van der Waals surface area contributed by atoms with Gasteiger partial charge in [0.1, 0.15) is 0 Å². The van der Waals surface area contributed by atoms with Crippen molar-refractivity contribution < 1.29 is 9.59 Å². The average Bonchev–Trinajstić information content (AvgIpc) is 3.14. The summed E-state index contributed by atoms with van der Waals surface area (Å²) in [5.41, 5.74) is 4.65. The zero-order valence-electron chi connectivity index (χ0n) is 18.1. The number of aromatic nitrogens is 2. The molecule has 156 valence electrons. The second kappa shape index (κ2) is 8.95. The molecule has 0 aliphatic heterocycles. The fourth-order valence-electron chi connectivity index (χ4n) is 3.23. The Balaban J connectivity index is 1.82. The van der Waals surface area contributed by atoms with Gasteiger partial charge in [-0.1, -0.05) is 31.5 Å². The van der Waals surface area contributed by atoms with Gasteiger partial charge in [0.15, 0.2) is 0 Å². The zero-order chi connectivity index (χ0) is 21.8. The number of aryl methyl sites for hydroxylation is 1. The molecule has 30 heavy (non-hydrogen) atoms. The predicted octanol–water partition coefficient (Wildman–Crippen LogP) is 4.69. The maximum atomic E-state index is 13.0. The maximum Gasteiger partial charge on any atom is 0.259 e. The lowest BCUT2D eigenvalue weighted by Gasteiger charge is -2.13. The van der Waals surface area contributed by atoms with E-state index in [1.165, 1.54) is 5.56 Å². The quantitative estimate of drug-likeness (QED) is 0.625. The number of carbonyl (C=O) groups excluding carboxylic acids is 2. The highest BCUT2D eigenvalue weighted by molar-refractivity contribution is 6.05. The molecule has 2 N–H and O–H groups in total. The summed E-state index contributed by atoms with van der Waals surface area (Å²) >= 11 is 0. The fourth-order valence-corrected chi connectivity index (χ4v) is 3.23. The van der Waals surface area contributed by atoms with E-state index < -0.39 is 0 Å². The second-order valence-corrected chi connectivity index (χ2v) is 8.01. The summed E-state index contributed by atoms with van der Waals surface area (Å²) < 4.78 is 1.82. The van der Waals surface area contributed by atoms with Gasteiger partial charge in [-0.25, -0.2) is 4.68 Å². The van der Waals surface area contributed by atoms with Crippen LogP contribution in [0.1, 0.15) is 65.6 Å². The lowest BCUT2D eigenvalue weighted by molar-refractivity contribution is 0.0942. The highest BCUT2D eigenvalue weighted by Crippen LogP contribution is 2.24. The Hall–Kier alpha value is -3.41. The minimum absolute atomic E-state index is 0.0661. The Bertz CT molecular complexity index is 1030. The Morgan fingerprint density at radius 1 is 0.900 bits per heavy atom. The maximum absolute atomic E-state index is 13.0. The molecule has 3 aromatic rings. The van der Waals surface area contributed by atoms with Gasteiger partial charge < -0.3 is 10.6 Å². The van der Waals surface area contributed by atoms with E-state index in [1.807, 2.05) is 63.6 Å². The third kappa shape index (κ3) is 4.76. The molecule has 0 saturated heterocycles. The van der Waals surface area contributed by atoms with Crippen LogP contribution in [-0.4, -0.2) is 27.6 Å². The minimum atomic E-state index is -0.226. The third-order valence-electron chi connectivity index (χ3n) is 4.70. The van der Waals surface area contributed by atoms with Crippen LogP contribution in [0.2, 0.25) is 0 Å². The Morgan fingerprint density at radius 3 is 2.10 bits per heavy atom. The summed E-state index contributed by atoms with van der Waals surface area (Å²) in [4.78, 5) is 25.0. The van der Waals surface area contributed by atoms with Crippen molar-refractivity contribution in [3.8, 4) is 5.69 Å². The van der Waals surface area contributed by atoms with Crippen LogP contribution >= 0.6 is 0 Å². The summed E-state index contributed by atoms with van der Waals surface area (Å²) in [6, 6.07) is 15.0. The fraction of sp³-hybridized carbons (Fsp3) is 0.292. The Morgan fingerprint density at radius 2 is 1.53 bits per heavy atom. The molecule has 6 heteroatoms. The van der Waals surface area contributed by atoms with Crippen molar-refractivity contribution in [2.45, 2.75) is 46.6 Å². The third-order valence-corrected chi connectivity index (χ3v) is 4.70. The average molecular weight is 405 g/mol. The van der Waals surface area contributed by atoms with Crippen LogP contribution in [-0.2, 0) is 0 Å². The van der Waals surface area contributed by atoms with Gasteiger partial charge in [0, 0.05) is 17.3 Å². The first kappa shape index (κ1) is 21.3. The van der Waals surface area contributed by atoms with Gasteiger partial charge in [-0.15, -0.1) is 0 Å². The van der Waals surface area contributed by atoms with Crippen molar-refractivity contribution >= 4 is 17.5 Å². The van der Waals surface area contributed by atoms with Crippen molar-refractivity contribution in [3.63, 3.8) is 0 Å². The van der Waals surface area contributed by atoms with Gasteiger partial charge >= 0.3 is 0 Å². The molecule has 2 amide bonds. The van der Waals surface area contributed by atoms with Crippen molar-refractivity contribution in [1.82, 2.24) is 15.1 Å².